The summed E-state index contributed by atoms with van der Waals surface area (Å²) in [6.07, 6.45) is -3.65. The minimum atomic E-state index is -4.43. The minimum Gasteiger partial charge on any atom is -0.308 e. The van der Waals surface area contributed by atoms with E-state index < -0.39 is 12.1 Å². The molecule has 0 aliphatic rings. The maximum Gasteiger partial charge on any atom is 0.405 e. The van der Waals surface area contributed by atoms with Crippen molar-refractivity contribution in [3.8, 4) is 6.07 Å². The lowest BCUT2D eigenvalue weighted by atomic mass is 10.1. The minimum absolute atomic E-state index is 0.234. The van der Waals surface area contributed by atoms with Gasteiger partial charge in [-0.3, -0.25) is 0 Å². The van der Waals surface area contributed by atoms with Gasteiger partial charge in [0.2, 0.25) is 0 Å². The van der Waals surface area contributed by atoms with Gasteiger partial charge in [0.05, 0.1) is 6.07 Å². The van der Waals surface area contributed by atoms with E-state index in [4.69, 9.17) is 5.26 Å². The Morgan fingerprint density at radius 2 is 1.76 bits per heavy atom. The maximum absolute atomic E-state index is 12.5. The number of hydrogen-bond donors (Lipinski definition) is 0. The first-order chi connectivity index (χ1) is 7.81. The molecule has 1 unspecified atom stereocenters. The Balaban J connectivity index is 4.36. The van der Waals surface area contributed by atoms with Gasteiger partial charge in [0.15, 0.2) is 5.92 Å². The molecule has 6 heteroatoms. The van der Waals surface area contributed by atoms with Gasteiger partial charge < -0.3 is 9.80 Å². The van der Waals surface area contributed by atoms with Crippen LogP contribution in [0.1, 0.15) is 13.3 Å². The summed E-state index contributed by atoms with van der Waals surface area (Å²) in [6.45, 7) is 3.51. The standard InChI is InChI=1S/C11H20F3N3/c1-4-5-17(7-6-16(2)3)9-10(8-15)11(12,13)14/h10H,4-7,9H2,1-3H3. The summed E-state index contributed by atoms with van der Waals surface area (Å²) in [6, 6.07) is 1.34. The van der Waals surface area contributed by atoms with Crippen LogP contribution in [-0.4, -0.2) is 56.3 Å². The Kier molecular flexibility index (Phi) is 7.16. The molecule has 0 aromatic carbocycles. The fourth-order valence-corrected chi connectivity index (χ4v) is 1.43. The SMILES string of the molecule is CCCN(CCN(C)C)CC(C#N)C(F)(F)F. The van der Waals surface area contributed by atoms with Crippen molar-refractivity contribution in [3.63, 3.8) is 0 Å². The van der Waals surface area contributed by atoms with Crippen LogP contribution in [0, 0.1) is 17.2 Å². The molecule has 0 radical (unpaired) electrons. The van der Waals surface area contributed by atoms with Crippen LogP contribution in [0.25, 0.3) is 0 Å². The number of rotatable bonds is 7. The summed E-state index contributed by atoms with van der Waals surface area (Å²) in [5.41, 5.74) is 0. The topological polar surface area (TPSA) is 30.3 Å². The van der Waals surface area contributed by atoms with Crippen LogP contribution in [0.4, 0.5) is 13.2 Å². The van der Waals surface area contributed by atoms with Crippen molar-refractivity contribution in [1.29, 1.82) is 5.26 Å². The van der Waals surface area contributed by atoms with Crippen molar-refractivity contribution in [3.05, 3.63) is 0 Å². The predicted molar refractivity (Wildman–Crippen MR) is 60.4 cm³/mol. The summed E-state index contributed by atoms with van der Waals surface area (Å²) < 4.78 is 37.4. The molecule has 3 nitrogen and oxygen atoms in total. The second-order valence-electron chi connectivity index (χ2n) is 4.33. The van der Waals surface area contributed by atoms with Gasteiger partial charge >= 0.3 is 6.18 Å². The maximum atomic E-state index is 12.5. The number of likely N-dealkylation sites (N-methyl/N-ethyl adjacent to an activating group) is 1. The Hall–Kier alpha value is -0.800. The second kappa shape index (κ2) is 7.51. The first-order valence-electron chi connectivity index (χ1n) is 5.64. The van der Waals surface area contributed by atoms with Gasteiger partial charge in [-0.1, -0.05) is 6.92 Å². The number of hydrogen-bond acceptors (Lipinski definition) is 3. The first-order valence-corrected chi connectivity index (χ1v) is 5.64. The second-order valence-corrected chi connectivity index (χ2v) is 4.33. The molecule has 0 heterocycles. The van der Waals surface area contributed by atoms with Crippen LogP contribution in [0.3, 0.4) is 0 Å². The molecular weight excluding hydrogens is 231 g/mol. The van der Waals surface area contributed by atoms with Crippen LogP contribution in [0.5, 0.6) is 0 Å². The quantitative estimate of drug-likeness (QED) is 0.693. The third kappa shape index (κ3) is 7.18. The zero-order valence-corrected chi connectivity index (χ0v) is 10.6. The zero-order valence-electron chi connectivity index (χ0n) is 10.6. The average molecular weight is 251 g/mol. The first kappa shape index (κ1) is 16.2. The van der Waals surface area contributed by atoms with E-state index in [9.17, 15) is 13.2 Å². The number of nitrogens with zero attached hydrogens (tertiary/aromatic N) is 3. The van der Waals surface area contributed by atoms with Crippen molar-refractivity contribution in [2.75, 3.05) is 40.3 Å². The van der Waals surface area contributed by atoms with Crippen molar-refractivity contribution < 1.29 is 13.2 Å². The third-order valence-electron chi connectivity index (χ3n) is 2.40. The Morgan fingerprint density at radius 3 is 2.12 bits per heavy atom. The lowest BCUT2D eigenvalue weighted by Gasteiger charge is -2.26. The summed E-state index contributed by atoms with van der Waals surface area (Å²) in [5.74, 6) is -1.89. The highest BCUT2D eigenvalue weighted by atomic mass is 19.4. The summed E-state index contributed by atoms with van der Waals surface area (Å²) in [7, 11) is 3.74. The smallest absolute Gasteiger partial charge is 0.308 e. The molecule has 0 aliphatic carbocycles. The zero-order chi connectivity index (χ0) is 13.5. The van der Waals surface area contributed by atoms with Crippen molar-refractivity contribution in [2.24, 2.45) is 5.92 Å². The number of nitriles is 1. The third-order valence-corrected chi connectivity index (χ3v) is 2.40. The molecule has 0 saturated carbocycles. The highest BCUT2D eigenvalue weighted by molar-refractivity contribution is 4.90. The van der Waals surface area contributed by atoms with Crippen LogP contribution in [-0.2, 0) is 0 Å². The summed E-state index contributed by atoms with van der Waals surface area (Å²) in [5, 5.41) is 8.55. The normalized spacial score (nSPS) is 14.1. The lowest BCUT2D eigenvalue weighted by molar-refractivity contribution is -0.163. The molecule has 0 spiro atoms. The van der Waals surface area contributed by atoms with Crippen LogP contribution in [0.2, 0.25) is 0 Å². The Bertz CT molecular complexity index is 245. The van der Waals surface area contributed by atoms with E-state index in [1.54, 1.807) is 4.90 Å². The van der Waals surface area contributed by atoms with Crippen LogP contribution >= 0.6 is 0 Å². The molecule has 100 valence electrons. The number of halogens is 3. The molecule has 0 aliphatic heterocycles. The van der Waals surface area contributed by atoms with Gasteiger partial charge in [-0.2, -0.15) is 18.4 Å². The molecule has 17 heavy (non-hydrogen) atoms. The van der Waals surface area contributed by atoms with Gasteiger partial charge in [0.1, 0.15) is 0 Å². The van der Waals surface area contributed by atoms with Gasteiger partial charge in [0, 0.05) is 19.6 Å². The molecule has 0 fully saturated rings. The largest absolute Gasteiger partial charge is 0.405 e. The van der Waals surface area contributed by atoms with E-state index in [2.05, 4.69) is 0 Å². The monoisotopic (exact) mass is 251 g/mol. The molecule has 1 atom stereocenters. The van der Waals surface area contributed by atoms with Gasteiger partial charge in [-0.05, 0) is 27.1 Å². The molecule has 0 rings (SSSR count). The van der Waals surface area contributed by atoms with Gasteiger partial charge in [-0.15, -0.1) is 0 Å². The van der Waals surface area contributed by atoms with E-state index in [1.165, 1.54) is 6.07 Å². The van der Waals surface area contributed by atoms with E-state index in [0.717, 1.165) is 6.42 Å². The highest BCUT2D eigenvalue weighted by Gasteiger charge is 2.40. The fourth-order valence-electron chi connectivity index (χ4n) is 1.43. The molecule has 0 saturated heterocycles. The van der Waals surface area contributed by atoms with Crippen LogP contribution < -0.4 is 0 Å². The molecule has 0 aromatic rings. The van der Waals surface area contributed by atoms with Crippen molar-refractivity contribution in [2.45, 2.75) is 19.5 Å². The highest BCUT2D eigenvalue weighted by Crippen LogP contribution is 2.26. The lowest BCUT2D eigenvalue weighted by Crippen LogP contribution is -2.39. The van der Waals surface area contributed by atoms with E-state index in [0.29, 0.717) is 19.6 Å². The van der Waals surface area contributed by atoms with E-state index in [-0.39, 0.29) is 6.54 Å². The molecule has 0 bridgehead atoms. The average Bonchev–Trinajstić information content (AvgIpc) is 2.20. The summed E-state index contributed by atoms with van der Waals surface area (Å²) in [4.78, 5) is 3.61. The van der Waals surface area contributed by atoms with Gasteiger partial charge in [-0.25, -0.2) is 0 Å². The van der Waals surface area contributed by atoms with Crippen molar-refractivity contribution >= 4 is 0 Å². The van der Waals surface area contributed by atoms with Crippen molar-refractivity contribution in [1.82, 2.24) is 9.80 Å². The number of alkyl halides is 3. The molecular formula is C11H20F3N3. The van der Waals surface area contributed by atoms with E-state index in [1.807, 2.05) is 25.9 Å². The Labute approximate surface area is 101 Å². The molecule has 0 aromatic heterocycles. The fraction of sp³-hybridized carbons (Fsp3) is 0.909. The Morgan fingerprint density at radius 1 is 1.18 bits per heavy atom. The predicted octanol–water partition coefficient (Wildman–Crippen LogP) is 1.96. The molecule has 0 amide bonds. The molecule has 0 N–H and O–H groups in total. The van der Waals surface area contributed by atoms with E-state index >= 15 is 0 Å². The van der Waals surface area contributed by atoms with Gasteiger partial charge in [0.25, 0.3) is 0 Å². The van der Waals surface area contributed by atoms with Crippen LogP contribution in [0.15, 0.2) is 0 Å². The summed E-state index contributed by atoms with van der Waals surface area (Å²) >= 11 is 0.